The Hall–Kier alpha value is -1.48. The van der Waals surface area contributed by atoms with Crippen LogP contribution in [0.25, 0.3) is 11.1 Å². The maximum absolute atomic E-state index is 5.38. The Labute approximate surface area is 109 Å². The van der Waals surface area contributed by atoms with E-state index in [1.54, 1.807) is 14.2 Å². The third-order valence-electron chi connectivity index (χ3n) is 2.56. The van der Waals surface area contributed by atoms with Gasteiger partial charge in [0, 0.05) is 4.47 Å². The Bertz CT molecular complexity index is 484. The summed E-state index contributed by atoms with van der Waals surface area (Å²) in [7, 11) is 3.33. The van der Waals surface area contributed by atoms with E-state index in [0.29, 0.717) is 0 Å². The lowest BCUT2D eigenvalue weighted by Crippen LogP contribution is -1.92. The fourth-order valence-corrected chi connectivity index (χ4v) is 2.02. The molecule has 0 heterocycles. The first-order chi connectivity index (χ1) is 8.26. The smallest absolute Gasteiger partial charge is 0.130 e. The molecule has 0 unspecified atom stereocenters. The van der Waals surface area contributed by atoms with Gasteiger partial charge in [0.15, 0.2) is 0 Å². The van der Waals surface area contributed by atoms with E-state index in [1.807, 2.05) is 42.5 Å². The predicted octanol–water partition coefficient (Wildman–Crippen LogP) is 4.13. The molecule has 0 N–H and O–H groups in total. The van der Waals surface area contributed by atoms with Gasteiger partial charge < -0.3 is 9.47 Å². The standard InChI is InChI=1S/C14H13BrO2/c1-16-12-4-3-5-13(17-2)14(12)10-6-8-11(15)9-7-10/h3-9H,1-2H3. The number of methoxy groups -OCH3 is 2. The molecule has 17 heavy (non-hydrogen) atoms. The third-order valence-corrected chi connectivity index (χ3v) is 3.09. The molecule has 0 spiro atoms. The summed E-state index contributed by atoms with van der Waals surface area (Å²) in [5, 5.41) is 0. The van der Waals surface area contributed by atoms with Crippen molar-refractivity contribution in [3.8, 4) is 22.6 Å². The van der Waals surface area contributed by atoms with Crippen LogP contribution in [0.15, 0.2) is 46.9 Å². The number of hydrogen-bond donors (Lipinski definition) is 0. The fourth-order valence-electron chi connectivity index (χ4n) is 1.75. The first-order valence-corrected chi connectivity index (χ1v) is 6.02. The van der Waals surface area contributed by atoms with Crippen LogP contribution in [0, 0.1) is 0 Å². The Morgan fingerprint density at radius 3 is 1.82 bits per heavy atom. The van der Waals surface area contributed by atoms with Crippen LogP contribution < -0.4 is 9.47 Å². The van der Waals surface area contributed by atoms with Gasteiger partial charge in [-0.25, -0.2) is 0 Å². The van der Waals surface area contributed by atoms with Crippen LogP contribution in [0.4, 0.5) is 0 Å². The van der Waals surface area contributed by atoms with E-state index in [2.05, 4.69) is 15.9 Å². The highest BCUT2D eigenvalue weighted by molar-refractivity contribution is 9.10. The van der Waals surface area contributed by atoms with Crippen LogP contribution in [0.3, 0.4) is 0 Å². The van der Waals surface area contributed by atoms with Gasteiger partial charge in [-0.3, -0.25) is 0 Å². The average molecular weight is 293 g/mol. The Morgan fingerprint density at radius 2 is 1.35 bits per heavy atom. The van der Waals surface area contributed by atoms with Crippen molar-refractivity contribution in [2.75, 3.05) is 14.2 Å². The monoisotopic (exact) mass is 292 g/mol. The number of halogens is 1. The van der Waals surface area contributed by atoms with Crippen molar-refractivity contribution in [3.63, 3.8) is 0 Å². The molecule has 2 nitrogen and oxygen atoms in total. The minimum Gasteiger partial charge on any atom is -0.496 e. The highest BCUT2D eigenvalue weighted by Gasteiger charge is 2.11. The summed E-state index contributed by atoms with van der Waals surface area (Å²) in [5.41, 5.74) is 2.05. The highest BCUT2D eigenvalue weighted by Crippen LogP contribution is 2.38. The van der Waals surface area contributed by atoms with Crippen LogP contribution in [-0.4, -0.2) is 14.2 Å². The Morgan fingerprint density at radius 1 is 0.824 bits per heavy atom. The van der Waals surface area contributed by atoms with Gasteiger partial charge in [0.05, 0.1) is 19.8 Å². The van der Waals surface area contributed by atoms with Crippen molar-refractivity contribution in [1.82, 2.24) is 0 Å². The van der Waals surface area contributed by atoms with Crippen molar-refractivity contribution in [1.29, 1.82) is 0 Å². The van der Waals surface area contributed by atoms with Crippen molar-refractivity contribution in [2.45, 2.75) is 0 Å². The first kappa shape index (κ1) is 12.0. The van der Waals surface area contributed by atoms with Crippen LogP contribution in [0.2, 0.25) is 0 Å². The molecule has 0 atom stereocenters. The zero-order valence-corrected chi connectivity index (χ0v) is 11.3. The average Bonchev–Trinajstić information content (AvgIpc) is 2.38. The molecule has 0 saturated carbocycles. The van der Waals surface area contributed by atoms with E-state index < -0.39 is 0 Å². The van der Waals surface area contributed by atoms with Gasteiger partial charge in [0.2, 0.25) is 0 Å². The fraction of sp³-hybridized carbons (Fsp3) is 0.143. The molecule has 0 radical (unpaired) electrons. The minimum absolute atomic E-state index is 0.812. The summed E-state index contributed by atoms with van der Waals surface area (Å²) in [6, 6.07) is 13.8. The van der Waals surface area contributed by atoms with Gasteiger partial charge in [-0.1, -0.05) is 34.1 Å². The largest absolute Gasteiger partial charge is 0.496 e. The topological polar surface area (TPSA) is 18.5 Å². The first-order valence-electron chi connectivity index (χ1n) is 5.23. The zero-order valence-electron chi connectivity index (χ0n) is 9.74. The molecule has 2 aromatic carbocycles. The van der Waals surface area contributed by atoms with E-state index in [9.17, 15) is 0 Å². The van der Waals surface area contributed by atoms with Crippen LogP contribution in [0.5, 0.6) is 11.5 Å². The Balaban J connectivity index is 2.59. The Kier molecular flexibility index (Phi) is 3.69. The van der Waals surface area contributed by atoms with E-state index in [1.165, 1.54) is 0 Å². The minimum atomic E-state index is 0.812. The lowest BCUT2D eigenvalue weighted by Gasteiger charge is -2.13. The van der Waals surface area contributed by atoms with E-state index in [0.717, 1.165) is 27.1 Å². The van der Waals surface area contributed by atoms with Crippen molar-refractivity contribution >= 4 is 15.9 Å². The molecule has 3 heteroatoms. The SMILES string of the molecule is COc1cccc(OC)c1-c1ccc(Br)cc1. The summed E-state index contributed by atoms with van der Waals surface area (Å²) in [4.78, 5) is 0. The van der Waals surface area contributed by atoms with Gasteiger partial charge >= 0.3 is 0 Å². The number of benzene rings is 2. The number of ether oxygens (including phenoxy) is 2. The van der Waals surface area contributed by atoms with Crippen LogP contribution in [-0.2, 0) is 0 Å². The summed E-state index contributed by atoms with van der Waals surface area (Å²) >= 11 is 3.43. The molecular formula is C14H13BrO2. The molecule has 0 aliphatic carbocycles. The molecule has 0 fully saturated rings. The van der Waals surface area contributed by atoms with E-state index >= 15 is 0 Å². The molecule has 2 rings (SSSR count). The second-order valence-corrected chi connectivity index (χ2v) is 4.46. The number of rotatable bonds is 3. The quantitative estimate of drug-likeness (QED) is 0.847. The maximum Gasteiger partial charge on any atom is 0.130 e. The van der Waals surface area contributed by atoms with Gasteiger partial charge in [0.1, 0.15) is 11.5 Å². The summed E-state index contributed by atoms with van der Waals surface area (Å²) < 4.78 is 11.8. The number of hydrogen-bond acceptors (Lipinski definition) is 2. The van der Waals surface area contributed by atoms with Gasteiger partial charge in [-0.15, -0.1) is 0 Å². The van der Waals surface area contributed by atoms with E-state index in [-0.39, 0.29) is 0 Å². The molecule has 0 aliphatic heterocycles. The van der Waals surface area contributed by atoms with Gasteiger partial charge in [-0.05, 0) is 29.8 Å². The lowest BCUT2D eigenvalue weighted by atomic mass is 10.0. The van der Waals surface area contributed by atoms with Gasteiger partial charge in [-0.2, -0.15) is 0 Å². The lowest BCUT2D eigenvalue weighted by molar-refractivity contribution is 0.397. The molecular weight excluding hydrogens is 280 g/mol. The zero-order chi connectivity index (χ0) is 12.3. The van der Waals surface area contributed by atoms with Crippen molar-refractivity contribution < 1.29 is 9.47 Å². The second kappa shape index (κ2) is 5.23. The second-order valence-electron chi connectivity index (χ2n) is 3.54. The molecule has 0 saturated heterocycles. The predicted molar refractivity (Wildman–Crippen MR) is 72.7 cm³/mol. The summed E-state index contributed by atoms with van der Waals surface area (Å²) in [5.74, 6) is 1.62. The molecule has 88 valence electrons. The highest BCUT2D eigenvalue weighted by atomic mass is 79.9. The molecule has 0 amide bonds. The third kappa shape index (κ3) is 2.44. The molecule has 0 aliphatic rings. The van der Waals surface area contributed by atoms with Gasteiger partial charge in [0.25, 0.3) is 0 Å². The molecule has 2 aromatic rings. The maximum atomic E-state index is 5.38. The summed E-state index contributed by atoms with van der Waals surface area (Å²) in [6.07, 6.45) is 0. The molecule has 0 bridgehead atoms. The van der Waals surface area contributed by atoms with E-state index in [4.69, 9.17) is 9.47 Å². The van der Waals surface area contributed by atoms with Crippen LogP contribution >= 0.6 is 15.9 Å². The molecule has 0 aromatic heterocycles. The van der Waals surface area contributed by atoms with Crippen molar-refractivity contribution in [3.05, 3.63) is 46.9 Å². The van der Waals surface area contributed by atoms with Crippen LogP contribution in [0.1, 0.15) is 0 Å². The summed E-state index contributed by atoms with van der Waals surface area (Å²) in [6.45, 7) is 0. The van der Waals surface area contributed by atoms with Crippen molar-refractivity contribution in [2.24, 2.45) is 0 Å². The normalized spacial score (nSPS) is 10.1.